The van der Waals surface area contributed by atoms with Crippen LogP contribution in [0.2, 0.25) is 0 Å². The van der Waals surface area contributed by atoms with Gasteiger partial charge in [-0.1, -0.05) is 19.1 Å². The molecule has 2 aromatic rings. The van der Waals surface area contributed by atoms with Gasteiger partial charge in [0.05, 0.1) is 17.3 Å². The number of carbonyl (C=O) groups is 1. The Morgan fingerprint density at radius 3 is 2.65 bits per heavy atom. The molecular formula is C18H17N3O2. The van der Waals surface area contributed by atoms with E-state index >= 15 is 0 Å². The van der Waals surface area contributed by atoms with Crippen LogP contribution in [0.4, 0.5) is 5.69 Å². The molecular weight excluding hydrogens is 290 g/mol. The van der Waals surface area contributed by atoms with Crippen LogP contribution in [-0.4, -0.2) is 10.5 Å². The smallest absolute Gasteiger partial charge is 0.250 e. The Balaban J connectivity index is 2.04. The molecule has 1 N–H and O–H groups in total. The molecule has 0 aliphatic rings. The lowest BCUT2D eigenvalue weighted by atomic mass is 10.1. The zero-order valence-electron chi connectivity index (χ0n) is 12.8. The molecule has 0 aliphatic carbocycles. The lowest BCUT2D eigenvalue weighted by Gasteiger charge is -2.07. The van der Waals surface area contributed by atoms with Gasteiger partial charge >= 0.3 is 0 Å². The van der Waals surface area contributed by atoms with E-state index in [-0.39, 0.29) is 11.5 Å². The summed E-state index contributed by atoms with van der Waals surface area (Å²) in [6, 6.07) is 12.0. The number of pyridine rings is 1. The average molecular weight is 307 g/mol. The highest BCUT2D eigenvalue weighted by Crippen LogP contribution is 2.07. The summed E-state index contributed by atoms with van der Waals surface area (Å²) in [5, 5.41) is 11.5. The number of nitrogens with one attached hydrogen (secondary N) is 1. The third-order valence-corrected chi connectivity index (χ3v) is 3.18. The molecule has 1 aromatic carbocycles. The minimum atomic E-state index is -0.281. The second-order valence-corrected chi connectivity index (χ2v) is 5.01. The second-order valence-electron chi connectivity index (χ2n) is 5.01. The molecule has 0 spiro atoms. The molecule has 0 unspecified atom stereocenters. The van der Waals surface area contributed by atoms with Gasteiger partial charge in [0.25, 0.3) is 5.56 Å². The highest BCUT2D eigenvalue weighted by atomic mass is 16.1. The zero-order chi connectivity index (χ0) is 16.7. The SMILES string of the molecule is CCCn1cc(NC(=O)/C=C/c2ccc(C#N)cc2)ccc1=O. The second kappa shape index (κ2) is 7.76. The van der Waals surface area contributed by atoms with Crippen LogP contribution < -0.4 is 10.9 Å². The number of anilines is 1. The zero-order valence-corrected chi connectivity index (χ0v) is 12.8. The molecule has 23 heavy (non-hydrogen) atoms. The highest BCUT2D eigenvalue weighted by Gasteiger charge is 2.01. The first-order valence-corrected chi connectivity index (χ1v) is 7.32. The summed E-state index contributed by atoms with van der Waals surface area (Å²) in [5.41, 5.74) is 1.89. The van der Waals surface area contributed by atoms with E-state index in [1.165, 1.54) is 12.1 Å². The van der Waals surface area contributed by atoms with Gasteiger partial charge < -0.3 is 9.88 Å². The average Bonchev–Trinajstić information content (AvgIpc) is 2.57. The van der Waals surface area contributed by atoms with Crippen molar-refractivity contribution in [2.24, 2.45) is 0 Å². The van der Waals surface area contributed by atoms with Gasteiger partial charge in [0.15, 0.2) is 0 Å². The summed E-state index contributed by atoms with van der Waals surface area (Å²) < 4.78 is 1.57. The molecule has 0 fully saturated rings. The van der Waals surface area contributed by atoms with Crippen molar-refractivity contribution in [3.05, 3.63) is 70.2 Å². The van der Waals surface area contributed by atoms with Gasteiger partial charge in [0.1, 0.15) is 0 Å². The van der Waals surface area contributed by atoms with Crippen LogP contribution in [0.25, 0.3) is 6.08 Å². The van der Waals surface area contributed by atoms with Crippen molar-refractivity contribution in [1.82, 2.24) is 4.57 Å². The van der Waals surface area contributed by atoms with Gasteiger partial charge in [0.2, 0.25) is 5.91 Å². The van der Waals surface area contributed by atoms with Crippen molar-refractivity contribution >= 4 is 17.7 Å². The number of hydrogen-bond acceptors (Lipinski definition) is 3. The fourth-order valence-corrected chi connectivity index (χ4v) is 2.05. The van der Waals surface area contributed by atoms with Crippen LogP contribution in [-0.2, 0) is 11.3 Å². The van der Waals surface area contributed by atoms with Crippen LogP contribution in [0.1, 0.15) is 24.5 Å². The topological polar surface area (TPSA) is 74.9 Å². The molecule has 5 nitrogen and oxygen atoms in total. The molecule has 2 rings (SSSR count). The molecule has 0 aliphatic heterocycles. The van der Waals surface area contributed by atoms with Gasteiger partial charge in [-0.05, 0) is 36.3 Å². The quantitative estimate of drug-likeness (QED) is 0.863. The normalized spacial score (nSPS) is 10.4. The predicted molar refractivity (Wildman–Crippen MR) is 89.8 cm³/mol. The number of hydrogen-bond donors (Lipinski definition) is 1. The number of nitrogens with zero attached hydrogens (tertiary/aromatic N) is 2. The molecule has 0 radical (unpaired) electrons. The van der Waals surface area contributed by atoms with Crippen molar-refractivity contribution in [1.29, 1.82) is 5.26 Å². The van der Waals surface area contributed by atoms with Crippen LogP contribution in [0.3, 0.4) is 0 Å². The molecule has 1 amide bonds. The first-order chi connectivity index (χ1) is 11.1. The van der Waals surface area contributed by atoms with E-state index in [0.717, 1.165) is 12.0 Å². The van der Waals surface area contributed by atoms with Crippen molar-refractivity contribution in [2.75, 3.05) is 5.32 Å². The first-order valence-electron chi connectivity index (χ1n) is 7.32. The minimum absolute atomic E-state index is 0.0852. The van der Waals surface area contributed by atoms with E-state index in [9.17, 15) is 9.59 Å². The van der Waals surface area contributed by atoms with E-state index < -0.39 is 0 Å². The third kappa shape index (κ3) is 4.68. The largest absolute Gasteiger partial charge is 0.321 e. The van der Waals surface area contributed by atoms with E-state index in [0.29, 0.717) is 17.8 Å². The van der Waals surface area contributed by atoms with Gasteiger partial charge in [-0.25, -0.2) is 0 Å². The standard InChI is InChI=1S/C18H17N3O2/c1-2-11-21-13-16(8-10-18(21)23)20-17(22)9-7-14-3-5-15(12-19)6-4-14/h3-10,13H,2,11H2,1H3,(H,20,22)/b9-7+. The Labute approximate surface area is 134 Å². The summed E-state index contributed by atoms with van der Waals surface area (Å²) in [4.78, 5) is 23.5. The molecule has 1 aromatic heterocycles. The van der Waals surface area contributed by atoms with Crippen molar-refractivity contribution in [3.8, 4) is 6.07 Å². The van der Waals surface area contributed by atoms with Crippen LogP contribution >= 0.6 is 0 Å². The summed E-state index contributed by atoms with van der Waals surface area (Å²) in [5.74, 6) is -0.281. The number of aryl methyl sites for hydroxylation is 1. The molecule has 5 heteroatoms. The predicted octanol–water partition coefficient (Wildman–Crippen LogP) is 2.78. The van der Waals surface area contributed by atoms with E-state index in [1.807, 2.05) is 13.0 Å². The monoisotopic (exact) mass is 307 g/mol. The highest BCUT2D eigenvalue weighted by molar-refractivity contribution is 6.01. The van der Waals surface area contributed by atoms with Gasteiger partial charge in [-0.3, -0.25) is 9.59 Å². The maximum atomic E-state index is 11.9. The van der Waals surface area contributed by atoms with Crippen molar-refractivity contribution < 1.29 is 4.79 Å². The van der Waals surface area contributed by atoms with Gasteiger partial charge in [-0.15, -0.1) is 0 Å². The maximum absolute atomic E-state index is 11.9. The van der Waals surface area contributed by atoms with Gasteiger partial charge in [-0.2, -0.15) is 5.26 Å². The molecule has 0 saturated carbocycles. The number of carbonyl (C=O) groups excluding carboxylic acids is 1. The Kier molecular flexibility index (Phi) is 5.48. The van der Waals surface area contributed by atoms with Crippen LogP contribution in [0.15, 0.2) is 53.5 Å². The lowest BCUT2D eigenvalue weighted by Crippen LogP contribution is -2.19. The lowest BCUT2D eigenvalue weighted by molar-refractivity contribution is -0.111. The van der Waals surface area contributed by atoms with Crippen molar-refractivity contribution in [2.45, 2.75) is 19.9 Å². The number of rotatable bonds is 5. The van der Waals surface area contributed by atoms with Gasteiger partial charge in [0, 0.05) is 24.9 Å². The maximum Gasteiger partial charge on any atom is 0.250 e. The first kappa shape index (κ1) is 16.2. The molecule has 0 bridgehead atoms. The van der Waals surface area contributed by atoms with E-state index in [1.54, 1.807) is 47.2 Å². The Morgan fingerprint density at radius 2 is 2.00 bits per heavy atom. The Morgan fingerprint density at radius 1 is 1.26 bits per heavy atom. The fourth-order valence-electron chi connectivity index (χ4n) is 2.05. The van der Waals surface area contributed by atoms with E-state index in [2.05, 4.69) is 5.32 Å². The molecule has 0 saturated heterocycles. The Bertz CT molecular complexity index is 811. The summed E-state index contributed by atoms with van der Waals surface area (Å²) >= 11 is 0. The summed E-state index contributed by atoms with van der Waals surface area (Å²) in [6.45, 7) is 2.60. The summed E-state index contributed by atoms with van der Waals surface area (Å²) in [6.07, 6.45) is 5.56. The van der Waals surface area contributed by atoms with E-state index in [4.69, 9.17) is 5.26 Å². The number of nitriles is 1. The number of aromatic nitrogens is 1. The molecule has 0 atom stereocenters. The molecule has 1 heterocycles. The molecule has 116 valence electrons. The van der Waals surface area contributed by atoms with Crippen LogP contribution in [0, 0.1) is 11.3 Å². The van der Waals surface area contributed by atoms with Crippen LogP contribution in [0.5, 0.6) is 0 Å². The summed E-state index contributed by atoms with van der Waals surface area (Å²) in [7, 11) is 0. The third-order valence-electron chi connectivity index (χ3n) is 3.18. The minimum Gasteiger partial charge on any atom is -0.321 e. The number of benzene rings is 1. The van der Waals surface area contributed by atoms with Crippen molar-refractivity contribution in [3.63, 3.8) is 0 Å². The number of amides is 1. The fraction of sp³-hybridized carbons (Fsp3) is 0.167. The Hall–Kier alpha value is -3.13.